The van der Waals surface area contributed by atoms with Crippen molar-refractivity contribution in [3.05, 3.63) is 41.5 Å². The smallest absolute Gasteiger partial charge is 0.308 e. The van der Waals surface area contributed by atoms with Gasteiger partial charge in [0.2, 0.25) is 0 Å². The first-order valence-electron chi connectivity index (χ1n) is 8.37. The number of aliphatic carboxylic acids is 1. The van der Waals surface area contributed by atoms with Crippen molar-refractivity contribution in [1.29, 1.82) is 0 Å². The molecule has 23 heavy (non-hydrogen) atoms. The average molecular weight is 315 g/mol. The van der Waals surface area contributed by atoms with Crippen molar-refractivity contribution in [3.8, 4) is 5.75 Å². The van der Waals surface area contributed by atoms with Crippen LogP contribution >= 0.6 is 0 Å². The number of nitrogens with one attached hydrogen (secondary N) is 1. The standard InChI is InChI=1S/C19H25NO3/c1-19(2)10-9-14-11-13(7-8-17(14)23-19)12-20-16-6-4-3-5-15(16)18(21)22/h3-4,7-8,11,15-16,20H,5-6,9-10,12H2,1-2H3,(H,21,22)/t15-,16+/m0/s1. The number of hydrogen-bond donors (Lipinski definition) is 2. The molecule has 124 valence electrons. The highest BCUT2D eigenvalue weighted by atomic mass is 16.5. The molecule has 0 unspecified atom stereocenters. The maximum atomic E-state index is 11.3. The van der Waals surface area contributed by atoms with Crippen molar-refractivity contribution < 1.29 is 14.6 Å². The number of carbonyl (C=O) groups is 1. The fraction of sp³-hybridized carbons (Fsp3) is 0.526. The van der Waals surface area contributed by atoms with Crippen LogP contribution in [0.3, 0.4) is 0 Å². The Morgan fingerprint density at radius 2 is 2.13 bits per heavy atom. The van der Waals surface area contributed by atoms with Gasteiger partial charge >= 0.3 is 5.97 Å². The first-order valence-corrected chi connectivity index (χ1v) is 8.37. The summed E-state index contributed by atoms with van der Waals surface area (Å²) < 4.78 is 6.01. The van der Waals surface area contributed by atoms with Gasteiger partial charge in [0.25, 0.3) is 0 Å². The highest BCUT2D eigenvalue weighted by molar-refractivity contribution is 5.71. The lowest BCUT2D eigenvalue weighted by atomic mass is 9.89. The molecular formula is C19H25NO3. The van der Waals surface area contributed by atoms with Crippen molar-refractivity contribution in [2.24, 2.45) is 5.92 Å². The Kier molecular flexibility index (Phi) is 4.44. The van der Waals surface area contributed by atoms with E-state index in [1.54, 1.807) is 0 Å². The van der Waals surface area contributed by atoms with Gasteiger partial charge in [-0.25, -0.2) is 0 Å². The largest absolute Gasteiger partial charge is 0.488 e. The SMILES string of the molecule is CC1(C)CCc2cc(CN[C@@H]3CC=CC[C@@H]3C(=O)O)ccc2O1. The first kappa shape index (κ1) is 16.1. The van der Waals surface area contributed by atoms with Crippen LogP contribution < -0.4 is 10.1 Å². The number of aryl methyl sites for hydroxylation is 1. The Hall–Kier alpha value is -1.81. The summed E-state index contributed by atoms with van der Waals surface area (Å²) in [6, 6.07) is 6.31. The average Bonchev–Trinajstić information content (AvgIpc) is 2.52. The quantitative estimate of drug-likeness (QED) is 0.837. The number of benzene rings is 1. The third-order valence-electron chi connectivity index (χ3n) is 4.83. The Labute approximate surface area is 137 Å². The van der Waals surface area contributed by atoms with Gasteiger partial charge in [0.1, 0.15) is 11.4 Å². The van der Waals surface area contributed by atoms with E-state index >= 15 is 0 Å². The lowest BCUT2D eigenvalue weighted by Gasteiger charge is -2.33. The minimum atomic E-state index is -0.715. The molecule has 2 atom stereocenters. The molecule has 2 N–H and O–H groups in total. The van der Waals surface area contributed by atoms with Crippen molar-refractivity contribution in [2.45, 2.75) is 57.7 Å². The summed E-state index contributed by atoms with van der Waals surface area (Å²) >= 11 is 0. The predicted molar refractivity (Wildman–Crippen MR) is 89.6 cm³/mol. The monoisotopic (exact) mass is 315 g/mol. The zero-order valence-corrected chi connectivity index (χ0v) is 13.8. The van der Waals surface area contributed by atoms with Crippen molar-refractivity contribution in [3.63, 3.8) is 0 Å². The molecule has 1 aromatic carbocycles. The molecule has 0 amide bonds. The lowest BCUT2D eigenvalue weighted by Crippen LogP contribution is -2.40. The van der Waals surface area contributed by atoms with E-state index in [0.29, 0.717) is 13.0 Å². The second-order valence-corrected chi connectivity index (χ2v) is 7.18. The first-order chi connectivity index (χ1) is 10.9. The highest BCUT2D eigenvalue weighted by Gasteiger charge is 2.29. The van der Waals surface area contributed by atoms with Gasteiger partial charge in [-0.05, 0) is 56.7 Å². The predicted octanol–water partition coefficient (Wildman–Crippen LogP) is 3.30. The molecule has 3 rings (SSSR count). The Morgan fingerprint density at radius 3 is 2.91 bits per heavy atom. The van der Waals surface area contributed by atoms with Crippen LogP contribution in [0.2, 0.25) is 0 Å². The van der Waals surface area contributed by atoms with Gasteiger partial charge in [0.05, 0.1) is 5.92 Å². The number of carboxylic acids is 1. The molecule has 1 aliphatic heterocycles. The molecule has 0 radical (unpaired) electrons. The summed E-state index contributed by atoms with van der Waals surface area (Å²) in [5.74, 6) is -0.0660. The van der Waals surface area contributed by atoms with E-state index in [4.69, 9.17) is 4.74 Å². The number of ether oxygens (including phenoxy) is 1. The fourth-order valence-electron chi connectivity index (χ4n) is 3.38. The van der Waals surface area contributed by atoms with Crippen LogP contribution in [-0.2, 0) is 17.8 Å². The zero-order valence-electron chi connectivity index (χ0n) is 13.8. The van der Waals surface area contributed by atoms with Gasteiger partial charge in [-0.1, -0.05) is 24.3 Å². The van der Waals surface area contributed by atoms with Crippen molar-refractivity contribution >= 4 is 5.97 Å². The second kappa shape index (κ2) is 6.36. The van der Waals surface area contributed by atoms with Gasteiger partial charge < -0.3 is 15.2 Å². The molecule has 0 aromatic heterocycles. The molecule has 1 aliphatic carbocycles. The number of fused-ring (bicyclic) bond motifs is 1. The molecule has 0 saturated carbocycles. The minimum absolute atomic E-state index is 0.00344. The van der Waals surface area contributed by atoms with E-state index < -0.39 is 5.97 Å². The van der Waals surface area contributed by atoms with Crippen LogP contribution in [-0.4, -0.2) is 22.7 Å². The molecule has 2 aliphatic rings. The Balaban J connectivity index is 1.65. The molecule has 4 heteroatoms. The van der Waals surface area contributed by atoms with Gasteiger partial charge in [-0.3, -0.25) is 4.79 Å². The van der Waals surface area contributed by atoms with Gasteiger partial charge in [-0.15, -0.1) is 0 Å². The summed E-state index contributed by atoms with van der Waals surface area (Å²) in [5, 5.41) is 12.7. The van der Waals surface area contributed by atoms with Crippen LogP contribution in [0.1, 0.15) is 44.2 Å². The number of carboxylic acid groups (broad SMARTS) is 1. The Bertz CT molecular complexity index is 621. The van der Waals surface area contributed by atoms with E-state index in [1.807, 2.05) is 12.1 Å². The van der Waals surface area contributed by atoms with E-state index in [9.17, 15) is 9.90 Å². The number of hydrogen-bond acceptors (Lipinski definition) is 3. The van der Waals surface area contributed by atoms with Crippen LogP contribution in [0.25, 0.3) is 0 Å². The molecule has 1 aromatic rings. The summed E-state index contributed by atoms with van der Waals surface area (Å²) in [7, 11) is 0. The fourth-order valence-corrected chi connectivity index (χ4v) is 3.38. The van der Waals surface area contributed by atoms with Gasteiger partial charge in [-0.2, -0.15) is 0 Å². The summed E-state index contributed by atoms with van der Waals surface area (Å²) in [4.78, 5) is 11.3. The normalized spacial score (nSPS) is 25.5. The van der Waals surface area contributed by atoms with E-state index in [0.717, 1.165) is 25.0 Å². The van der Waals surface area contributed by atoms with E-state index in [-0.39, 0.29) is 17.6 Å². The molecule has 0 fully saturated rings. The Morgan fingerprint density at radius 1 is 1.35 bits per heavy atom. The summed E-state index contributed by atoms with van der Waals surface area (Å²) in [5.41, 5.74) is 2.35. The van der Waals surface area contributed by atoms with Gasteiger partial charge in [0, 0.05) is 12.6 Å². The maximum Gasteiger partial charge on any atom is 0.308 e. The van der Waals surface area contributed by atoms with Gasteiger partial charge in [0.15, 0.2) is 0 Å². The summed E-state index contributed by atoms with van der Waals surface area (Å²) in [6.45, 7) is 4.93. The molecular weight excluding hydrogens is 290 g/mol. The van der Waals surface area contributed by atoms with E-state index in [2.05, 4.69) is 37.4 Å². The minimum Gasteiger partial charge on any atom is -0.488 e. The van der Waals surface area contributed by atoms with Crippen LogP contribution in [0.4, 0.5) is 0 Å². The molecule has 0 bridgehead atoms. The third kappa shape index (κ3) is 3.75. The van der Waals surface area contributed by atoms with Crippen molar-refractivity contribution in [2.75, 3.05) is 0 Å². The van der Waals surface area contributed by atoms with E-state index in [1.165, 1.54) is 11.1 Å². The van der Waals surface area contributed by atoms with Crippen molar-refractivity contribution in [1.82, 2.24) is 5.32 Å². The number of allylic oxidation sites excluding steroid dienone is 1. The lowest BCUT2D eigenvalue weighted by molar-refractivity contribution is -0.142. The zero-order chi connectivity index (χ0) is 16.4. The van der Waals surface area contributed by atoms with Crippen LogP contribution in [0, 0.1) is 5.92 Å². The summed E-state index contributed by atoms with van der Waals surface area (Å²) in [6.07, 6.45) is 7.47. The molecule has 1 heterocycles. The topological polar surface area (TPSA) is 58.6 Å². The number of rotatable bonds is 4. The second-order valence-electron chi connectivity index (χ2n) is 7.18. The maximum absolute atomic E-state index is 11.3. The molecule has 0 saturated heterocycles. The van der Waals surface area contributed by atoms with Crippen LogP contribution in [0.5, 0.6) is 5.75 Å². The van der Waals surface area contributed by atoms with Crippen LogP contribution in [0.15, 0.2) is 30.4 Å². The molecule has 0 spiro atoms. The molecule has 4 nitrogen and oxygen atoms in total. The third-order valence-corrected chi connectivity index (χ3v) is 4.83. The highest BCUT2D eigenvalue weighted by Crippen LogP contribution is 2.33.